The summed E-state index contributed by atoms with van der Waals surface area (Å²) in [7, 11) is 0. The van der Waals surface area contributed by atoms with Crippen molar-refractivity contribution in [1.82, 2.24) is 4.90 Å². The van der Waals surface area contributed by atoms with Gasteiger partial charge >= 0.3 is 0 Å². The molecule has 2 aromatic rings. The van der Waals surface area contributed by atoms with E-state index in [1.165, 1.54) is 0 Å². The van der Waals surface area contributed by atoms with Crippen LogP contribution in [0, 0.1) is 12.8 Å². The molecule has 1 aromatic carbocycles. The number of anilines is 1. The fraction of sp³-hybridized carbons (Fsp3) is 0.368. The second-order valence-corrected chi connectivity index (χ2v) is 7.25. The molecule has 1 fully saturated rings. The average Bonchev–Trinajstić information content (AvgIpc) is 3.10. The molecule has 0 saturated carbocycles. The van der Waals surface area contributed by atoms with Crippen LogP contribution in [0.5, 0.6) is 0 Å². The Bertz CT molecular complexity index is 704. The zero-order valence-electron chi connectivity index (χ0n) is 13.8. The Kier molecular flexibility index (Phi) is 5.30. The van der Waals surface area contributed by atoms with Crippen molar-refractivity contribution in [3.05, 3.63) is 52.2 Å². The van der Waals surface area contributed by atoms with Crippen LogP contribution in [0.15, 0.2) is 41.8 Å². The van der Waals surface area contributed by atoms with E-state index in [0.717, 1.165) is 29.0 Å². The summed E-state index contributed by atoms with van der Waals surface area (Å²) in [6.45, 7) is 3.31. The first kappa shape index (κ1) is 16.7. The molecule has 0 atom stereocenters. The molecule has 5 heteroatoms. The molecule has 24 heavy (non-hydrogen) atoms. The predicted molar refractivity (Wildman–Crippen MR) is 97.1 cm³/mol. The molecular formula is C19H22N2O2S. The maximum Gasteiger partial charge on any atom is 0.227 e. The first-order chi connectivity index (χ1) is 11.6. The summed E-state index contributed by atoms with van der Waals surface area (Å²) in [5.41, 5.74) is 1.94. The highest BCUT2D eigenvalue weighted by atomic mass is 32.1. The van der Waals surface area contributed by atoms with Crippen LogP contribution >= 0.6 is 11.3 Å². The van der Waals surface area contributed by atoms with Gasteiger partial charge in [0.05, 0.1) is 6.42 Å². The number of likely N-dealkylation sites (tertiary alicyclic amines) is 1. The normalized spacial score (nSPS) is 15.3. The number of carbonyl (C=O) groups is 2. The van der Waals surface area contributed by atoms with Crippen LogP contribution in [0.1, 0.15) is 23.3 Å². The number of aryl methyl sites for hydroxylation is 1. The molecule has 1 aromatic heterocycles. The minimum absolute atomic E-state index is 0.0182. The Morgan fingerprint density at radius 3 is 2.58 bits per heavy atom. The number of thiophene rings is 1. The molecule has 1 aliphatic heterocycles. The van der Waals surface area contributed by atoms with Gasteiger partial charge in [-0.2, -0.15) is 0 Å². The fourth-order valence-electron chi connectivity index (χ4n) is 3.01. The lowest BCUT2D eigenvalue weighted by atomic mass is 9.95. The van der Waals surface area contributed by atoms with Gasteiger partial charge in [-0.3, -0.25) is 9.59 Å². The molecule has 0 radical (unpaired) electrons. The van der Waals surface area contributed by atoms with Crippen LogP contribution in [-0.2, 0) is 16.0 Å². The number of benzene rings is 1. The average molecular weight is 342 g/mol. The van der Waals surface area contributed by atoms with Gasteiger partial charge in [-0.05, 0) is 42.8 Å². The van der Waals surface area contributed by atoms with Crippen LogP contribution in [-0.4, -0.2) is 29.8 Å². The van der Waals surface area contributed by atoms with Crippen molar-refractivity contribution in [3.8, 4) is 0 Å². The molecular weight excluding hydrogens is 320 g/mol. The van der Waals surface area contributed by atoms with Crippen LogP contribution in [0.3, 0.4) is 0 Å². The summed E-state index contributed by atoms with van der Waals surface area (Å²) >= 11 is 1.61. The number of nitrogens with one attached hydrogen (secondary N) is 1. The largest absolute Gasteiger partial charge is 0.342 e. The highest BCUT2D eigenvalue weighted by Crippen LogP contribution is 2.22. The lowest BCUT2D eigenvalue weighted by Crippen LogP contribution is -2.42. The van der Waals surface area contributed by atoms with Crippen LogP contribution in [0.4, 0.5) is 5.69 Å². The lowest BCUT2D eigenvalue weighted by molar-refractivity contribution is -0.133. The van der Waals surface area contributed by atoms with Gasteiger partial charge in [0.25, 0.3) is 0 Å². The van der Waals surface area contributed by atoms with Crippen molar-refractivity contribution in [2.24, 2.45) is 5.92 Å². The van der Waals surface area contributed by atoms with E-state index in [4.69, 9.17) is 0 Å². The number of hydrogen-bond donors (Lipinski definition) is 1. The Morgan fingerprint density at radius 1 is 1.17 bits per heavy atom. The Hall–Kier alpha value is -2.14. The maximum atomic E-state index is 12.4. The number of amides is 2. The first-order valence-corrected chi connectivity index (χ1v) is 9.18. The highest BCUT2D eigenvalue weighted by Gasteiger charge is 2.27. The van der Waals surface area contributed by atoms with Gasteiger partial charge in [-0.15, -0.1) is 11.3 Å². The summed E-state index contributed by atoms with van der Waals surface area (Å²) in [5, 5.41) is 5.01. The van der Waals surface area contributed by atoms with E-state index in [-0.39, 0.29) is 17.7 Å². The molecule has 0 bridgehead atoms. The van der Waals surface area contributed by atoms with E-state index >= 15 is 0 Å². The van der Waals surface area contributed by atoms with Crippen molar-refractivity contribution >= 4 is 28.8 Å². The third-order valence-electron chi connectivity index (χ3n) is 4.53. The van der Waals surface area contributed by atoms with E-state index in [2.05, 4.69) is 5.32 Å². The monoisotopic (exact) mass is 342 g/mol. The van der Waals surface area contributed by atoms with Crippen molar-refractivity contribution in [2.45, 2.75) is 26.2 Å². The number of carbonyl (C=O) groups excluding carboxylic acids is 2. The van der Waals surface area contributed by atoms with E-state index in [1.54, 1.807) is 11.3 Å². The molecule has 1 aliphatic rings. The molecule has 0 spiro atoms. The summed E-state index contributed by atoms with van der Waals surface area (Å²) in [6, 6.07) is 11.8. The van der Waals surface area contributed by atoms with Gasteiger partial charge in [0, 0.05) is 29.6 Å². The standard InChI is InChI=1S/C19H22N2O2S/c1-14-5-2-3-7-17(14)20-19(23)15-8-10-21(11-9-15)18(22)13-16-6-4-12-24-16/h2-7,12,15H,8-11,13H2,1H3,(H,20,23). The molecule has 1 saturated heterocycles. The van der Waals surface area contributed by atoms with E-state index in [9.17, 15) is 9.59 Å². The molecule has 4 nitrogen and oxygen atoms in total. The Balaban J connectivity index is 1.50. The minimum atomic E-state index is -0.0182. The third-order valence-corrected chi connectivity index (χ3v) is 5.40. The third kappa shape index (κ3) is 4.03. The Labute approximate surface area is 146 Å². The molecule has 2 amide bonds. The SMILES string of the molecule is Cc1ccccc1NC(=O)C1CCN(C(=O)Cc2cccs2)CC1. The van der Waals surface area contributed by atoms with E-state index in [1.807, 2.05) is 53.6 Å². The van der Waals surface area contributed by atoms with E-state index < -0.39 is 0 Å². The smallest absolute Gasteiger partial charge is 0.227 e. The van der Waals surface area contributed by atoms with E-state index in [0.29, 0.717) is 19.5 Å². The summed E-state index contributed by atoms with van der Waals surface area (Å²) in [4.78, 5) is 27.7. The number of rotatable bonds is 4. The second-order valence-electron chi connectivity index (χ2n) is 6.22. The van der Waals surface area contributed by atoms with Gasteiger partial charge in [-0.25, -0.2) is 0 Å². The van der Waals surface area contributed by atoms with Gasteiger partial charge in [0.15, 0.2) is 0 Å². The molecule has 126 valence electrons. The van der Waals surface area contributed by atoms with Crippen LogP contribution < -0.4 is 5.32 Å². The first-order valence-electron chi connectivity index (χ1n) is 8.30. The zero-order valence-corrected chi connectivity index (χ0v) is 14.6. The second kappa shape index (κ2) is 7.62. The van der Waals surface area contributed by atoms with Crippen molar-refractivity contribution < 1.29 is 9.59 Å². The van der Waals surface area contributed by atoms with Crippen molar-refractivity contribution in [1.29, 1.82) is 0 Å². The summed E-state index contributed by atoms with van der Waals surface area (Å²) < 4.78 is 0. The molecule has 0 aliphatic carbocycles. The fourth-order valence-corrected chi connectivity index (χ4v) is 3.71. The van der Waals surface area contributed by atoms with Gasteiger partial charge in [-0.1, -0.05) is 24.3 Å². The predicted octanol–water partition coefficient (Wildman–Crippen LogP) is 3.48. The van der Waals surface area contributed by atoms with Gasteiger partial charge in [0.2, 0.25) is 11.8 Å². The summed E-state index contributed by atoms with van der Waals surface area (Å²) in [5.74, 6) is 0.209. The number of nitrogens with zero attached hydrogens (tertiary/aromatic N) is 1. The number of piperidine rings is 1. The number of hydrogen-bond acceptors (Lipinski definition) is 3. The minimum Gasteiger partial charge on any atom is -0.342 e. The topological polar surface area (TPSA) is 49.4 Å². The van der Waals surface area contributed by atoms with Gasteiger partial charge < -0.3 is 10.2 Å². The molecule has 1 N–H and O–H groups in total. The highest BCUT2D eigenvalue weighted by molar-refractivity contribution is 7.10. The maximum absolute atomic E-state index is 12.4. The number of para-hydroxylation sites is 1. The van der Waals surface area contributed by atoms with Gasteiger partial charge in [0.1, 0.15) is 0 Å². The molecule has 3 rings (SSSR count). The van der Waals surface area contributed by atoms with Crippen molar-refractivity contribution in [2.75, 3.05) is 18.4 Å². The molecule has 0 unspecified atom stereocenters. The zero-order chi connectivity index (χ0) is 16.9. The quantitative estimate of drug-likeness (QED) is 0.925. The van der Waals surface area contributed by atoms with Crippen LogP contribution in [0.25, 0.3) is 0 Å². The van der Waals surface area contributed by atoms with Crippen molar-refractivity contribution in [3.63, 3.8) is 0 Å². The lowest BCUT2D eigenvalue weighted by Gasteiger charge is -2.31. The van der Waals surface area contributed by atoms with Crippen LogP contribution in [0.2, 0.25) is 0 Å². The summed E-state index contributed by atoms with van der Waals surface area (Å²) in [6.07, 6.45) is 1.93. The Morgan fingerprint density at radius 2 is 1.92 bits per heavy atom. The molecule has 2 heterocycles.